The van der Waals surface area contributed by atoms with Crippen LogP contribution in [0, 0.1) is 0 Å². The number of benzene rings is 1. The Hall–Kier alpha value is -0.960. The largest absolute Gasteiger partial charge is 0.324 e. The number of nitrogens with two attached hydrogens (primary N) is 1. The molecule has 3 heteroatoms. The average molecular weight is 239 g/mol. The van der Waals surface area contributed by atoms with E-state index in [4.69, 9.17) is 5.73 Å². The Morgan fingerprint density at radius 1 is 1.35 bits per heavy atom. The third kappa shape index (κ3) is 2.65. The first-order chi connectivity index (χ1) is 8.00. The van der Waals surface area contributed by atoms with Crippen LogP contribution in [0.4, 0.5) is 8.78 Å². The highest BCUT2D eigenvalue weighted by atomic mass is 19.3. The Kier molecular flexibility index (Phi) is 3.48. The molecule has 0 aliphatic heterocycles. The second-order valence-electron chi connectivity index (χ2n) is 5.02. The summed E-state index contributed by atoms with van der Waals surface area (Å²) >= 11 is 0. The third-order valence-electron chi connectivity index (χ3n) is 3.60. The maximum absolute atomic E-state index is 13.9. The quantitative estimate of drug-likeness (QED) is 0.829. The van der Waals surface area contributed by atoms with Crippen LogP contribution in [-0.2, 0) is 0 Å². The smallest absolute Gasteiger partial charge is 0.254 e. The van der Waals surface area contributed by atoms with Crippen molar-refractivity contribution in [2.75, 3.05) is 0 Å². The highest BCUT2D eigenvalue weighted by Gasteiger charge is 2.42. The fourth-order valence-electron chi connectivity index (χ4n) is 2.56. The molecule has 1 aromatic rings. The molecule has 1 fully saturated rings. The topological polar surface area (TPSA) is 26.0 Å². The molecule has 2 rings (SSSR count). The van der Waals surface area contributed by atoms with Gasteiger partial charge in [0.05, 0.1) is 0 Å². The van der Waals surface area contributed by atoms with Crippen LogP contribution >= 0.6 is 0 Å². The van der Waals surface area contributed by atoms with Crippen LogP contribution < -0.4 is 5.73 Å². The van der Waals surface area contributed by atoms with Gasteiger partial charge in [-0.25, -0.2) is 8.78 Å². The van der Waals surface area contributed by atoms with Gasteiger partial charge in [0.1, 0.15) is 0 Å². The monoisotopic (exact) mass is 239 g/mol. The van der Waals surface area contributed by atoms with Crippen LogP contribution in [0.3, 0.4) is 0 Å². The minimum absolute atomic E-state index is 0.0140. The van der Waals surface area contributed by atoms with E-state index in [1.54, 1.807) is 6.07 Å². The maximum atomic E-state index is 13.9. The van der Waals surface area contributed by atoms with E-state index >= 15 is 0 Å². The molecule has 2 atom stereocenters. The predicted octanol–water partition coefficient (Wildman–Crippen LogP) is 4.00. The zero-order valence-electron chi connectivity index (χ0n) is 10.1. The predicted molar refractivity (Wildman–Crippen MR) is 65.2 cm³/mol. The normalized spacial score (nSPS) is 25.5. The Morgan fingerprint density at radius 2 is 2.12 bits per heavy atom. The van der Waals surface area contributed by atoms with E-state index in [9.17, 15) is 8.78 Å². The highest BCUT2D eigenvalue weighted by molar-refractivity contribution is 5.30. The number of rotatable bonds is 2. The highest BCUT2D eigenvalue weighted by Crippen LogP contribution is 2.44. The molecule has 1 aliphatic rings. The molecule has 0 spiro atoms. The molecule has 94 valence electrons. The van der Waals surface area contributed by atoms with Crippen molar-refractivity contribution in [3.05, 3.63) is 35.4 Å². The Bertz CT molecular complexity index is 388. The lowest BCUT2D eigenvalue weighted by molar-refractivity contribution is -0.0547. The van der Waals surface area contributed by atoms with Crippen molar-refractivity contribution in [2.24, 2.45) is 5.73 Å². The van der Waals surface area contributed by atoms with Crippen molar-refractivity contribution < 1.29 is 8.78 Å². The summed E-state index contributed by atoms with van der Waals surface area (Å²) in [6.45, 7) is 1.87. The minimum atomic E-state index is -2.56. The molecule has 1 aromatic carbocycles. The molecule has 0 heterocycles. The van der Waals surface area contributed by atoms with Gasteiger partial charge in [-0.05, 0) is 30.9 Å². The number of hydrogen-bond acceptors (Lipinski definition) is 1. The number of alkyl halides is 2. The van der Waals surface area contributed by atoms with Crippen molar-refractivity contribution in [1.82, 2.24) is 0 Å². The van der Waals surface area contributed by atoms with Crippen LogP contribution in [0.2, 0.25) is 0 Å². The number of halogens is 2. The third-order valence-corrected chi connectivity index (χ3v) is 3.60. The van der Waals surface area contributed by atoms with Gasteiger partial charge in [0, 0.05) is 18.4 Å². The SMILES string of the molecule is CC(N)c1cccc(C2CCCCC2(F)F)c1. The molecule has 1 aliphatic carbocycles. The summed E-state index contributed by atoms with van der Waals surface area (Å²) in [6.07, 6.45) is 2.12. The molecule has 2 unspecified atom stereocenters. The summed E-state index contributed by atoms with van der Waals surface area (Å²) in [7, 11) is 0. The Labute approximate surface area is 101 Å². The first-order valence-corrected chi connectivity index (χ1v) is 6.24. The zero-order chi connectivity index (χ0) is 12.5. The van der Waals surface area contributed by atoms with E-state index in [-0.39, 0.29) is 12.5 Å². The molecule has 2 N–H and O–H groups in total. The molecule has 0 radical (unpaired) electrons. The van der Waals surface area contributed by atoms with Crippen molar-refractivity contribution in [3.63, 3.8) is 0 Å². The fraction of sp³-hybridized carbons (Fsp3) is 0.571. The molecular weight excluding hydrogens is 220 g/mol. The Morgan fingerprint density at radius 3 is 2.76 bits per heavy atom. The molecule has 1 nitrogen and oxygen atoms in total. The van der Waals surface area contributed by atoms with Gasteiger partial charge in [0.25, 0.3) is 5.92 Å². The van der Waals surface area contributed by atoms with Crippen molar-refractivity contribution in [1.29, 1.82) is 0 Å². The van der Waals surface area contributed by atoms with Gasteiger partial charge in [-0.15, -0.1) is 0 Å². The summed E-state index contributed by atoms with van der Waals surface area (Å²) in [5, 5.41) is 0. The summed E-state index contributed by atoms with van der Waals surface area (Å²) in [6, 6.07) is 7.27. The molecular formula is C14H19F2N. The molecule has 1 saturated carbocycles. The van der Waals surface area contributed by atoms with E-state index in [1.165, 1.54) is 0 Å². The van der Waals surface area contributed by atoms with Gasteiger partial charge in [-0.3, -0.25) is 0 Å². The van der Waals surface area contributed by atoms with E-state index in [1.807, 2.05) is 25.1 Å². The van der Waals surface area contributed by atoms with E-state index < -0.39 is 11.8 Å². The molecule has 0 amide bonds. The summed E-state index contributed by atoms with van der Waals surface area (Å²) in [5.74, 6) is -3.19. The first kappa shape index (κ1) is 12.5. The Balaban J connectivity index is 2.29. The minimum Gasteiger partial charge on any atom is -0.324 e. The summed E-state index contributed by atoms with van der Waals surface area (Å²) in [4.78, 5) is 0. The summed E-state index contributed by atoms with van der Waals surface area (Å²) < 4.78 is 27.7. The van der Waals surface area contributed by atoms with E-state index in [2.05, 4.69) is 0 Å². The second kappa shape index (κ2) is 4.73. The van der Waals surface area contributed by atoms with Gasteiger partial charge < -0.3 is 5.73 Å². The van der Waals surface area contributed by atoms with Gasteiger partial charge in [0.15, 0.2) is 0 Å². The standard InChI is InChI=1S/C14H19F2N/c1-10(17)11-5-4-6-12(9-11)13-7-2-3-8-14(13,15)16/h4-6,9-10,13H,2-3,7-8,17H2,1H3. The fourth-order valence-corrected chi connectivity index (χ4v) is 2.56. The lowest BCUT2D eigenvalue weighted by Crippen LogP contribution is -2.30. The number of hydrogen-bond donors (Lipinski definition) is 1. The van der Waals surface area contributed by atoms with Gasteiger partial charge >= 0.3 is 0 Å². The van der Waals surface area contributed by atoms with Gasteiger partial charge in [-0.1, -0.05) is 30.7 Å². The molecule has 0 bridgehead atoms. The first-order valence-electron chi connectivity index (χ1n) is 6.24. The maximum Gasteiger partial charge on any atom is 0.254 e. The lowest BCUT2D eigenvalue weighted by atomic mass is 9.80. The van der Waals surface area contributed by atoms with Gasteiger partial charge in [-0.2, -0.15) is 0 Å². The van der Waals surface area contributed by atoms with Crippen LogP contribution in [0.5, 0.6) is 0 Å². The average Bonchev–Trinajstić information content (AvgIpc) is 2.28. The van der Waals surface area contributed by atoms with Crippen molar-refractivity contribution >= 4 is 0 Å². The van der Waals surface area contributed by atoms with Gasteiger partial charge in [0.2, 0.25) is 0 Å². The van der Waals surface area contributed by atoms with Crippen LogP contribution in [0.1, 0.15) is 55.7 Å². The van der Waals surface area contributed by atoms with Crippen LogP contribution in [-0.4, -0.2) is 5.92 Å². The van der Waals surface area contributed by atoms with Crippen molar-refractivity contribution in [2.45, 2.75) is 50.5 Å². The van der Waals surface area contributed by atoms with Crippen molar-refractivity contribution in [3.8, 4) is 0 Å². The summed E-state index contributed by atoms with van der Waals surface area (Å²) in [5.41, 5.74) is 7.47. The lowest BCUT2D eigenvalue weighted by Gasteiger charge is -2.32. The molecule has 0 aromatic heterocycles. The van der Waals surface area contributed by atoms with E-state index in [0.29, 0.717) is 12.8 Å². The zero-order valence-corrected chi connectivity index (χ0v) is 10.1. The van der Waals surface area contributed by atoms with Crippen LogP contribution in [0.15, 0.2) is 24.3 Å². The van der Waals surface area contributed by atoms with E-state index in [0.717, 1.165) is 17.5 Å². The molecule has 17 heavy (non-hydrogen) atoms. The molecule has 0 saturated heterocycles. The second-order valence-corrected chi connectivity index (χ2v) is 5.02. The van der Waals surface area contributed by atoms with Crippen LogP contribution in [0.25, 0.3) is 0 Å².